The quantitative estimate of drug-likeness (QED) is 0.559. The Bertz CT molecular complexity index is 298. The first kappa shape index (κ1) is 14.1. The molecule has 1 aromatic rings. The minimum Gasteiger partial charge on any atom is -0.196 e. The molecule has 0 unspecified atom stereocenters. The monoisotopic (exact) mass is 275 g/mol. The van der Waals surface area contributed by atoms with Gasteiger partial charge in [0.05, 0.1) is 0 Å². The Balaban J connectivity index is 2.57. The maximum absolute atomic E-state index is 4.39. The molecule has 0 aliphatic heterocycles. The van der Waals surface area contributed by atoms with Gasteiger partial charge in [-0.1, -0.05) is 55.1 Å². The van der Waals surface area contributed by atoms with Crippen molar-refractivity contribution in [2.75, 3.05) is 18.3 Å². The second-order valence-electron chi connectivity index (χ2n) is 3.15. The van der Waals surface area contributed by atoms with E-state index >= 15 is 0 Å². The Morgan fingerprint density at radius 2 is 1.44 bits per heavy atom. The molecule has 0 bridgehead atoms. The molecule has 0 aliphatic rings. The highest BCUT2D eigenvalue weighted by Crippen LogP contribution is 2.21. The van der Waals surface area contributed by atoms with Gasteiger partial charge in [-0.05, 0) is 18.9 Å². The minimum atomic E-state index is 0.817. The highest BCUT2D eigenvalue weighted by molar-refractivity contribution is 8.00. The van der Waals surface area contributed by atoms with Crippen LogP contribution in [0.5, 0.6) is 0 Å². The predicted octanol–water partition coefficient (Wildman–Crippen LogP) is 3.60. The summed E-state index contributed by atoms with van der Waals surface area (Å²) in [7, 11) is 0. The van der Waals surface area contributed by atoms with Gasteiger partial charge in [-0.25, -0.2) is 0 Å². The average molecular weight is 275 g/mol. The summed E-state index contributed by atoms with van der Waals surface area (Å²) < 4.78 is 0. The van der Waals surface area contributed by atoms with Gasteiger partial charge in [0.25, 0.3) is 0 Å². The van der Waals surface area contributed by atoms with Crippen LogP contribution in [0.25, 0.3) is 0 Å². The number of nitrogens with zero attached hydrogens (tertiary/aromatic N) is 3. The van der Waals surface area contributed by atoms with Crippen molar-refractivity contribution < 1.29 is 0 Å². The fourth-order valence-electron chi connectivity index (χ4n) is 1.08. The molecular weight excluding hydrogens is 258 g/mol. The molecule has 3 nitrogen and oxygen atoms in total. The summed E-state index contributed by atoms with van der Waals surface area (Å²) in [6.07, 6.45) is 7.75. The highest BCUT2D eigenvalue weighted by Gasteiger charge is 2.05. The summed E-state index contributed by atoms with van der Waals surface area (Å²) in [6.45, 7) is 2.21. The summed E-state index contributed by atoms with van der Waals surface area (Å²) in [4.78, 5) is 13.1. The molecule has 0 spiro atoms. The second-order valence-corrected chi connectivity index (χ2v) is 5.76. The van der Waals surface area contributed by atoms with Crippen molar-refractivity contribution in [1.29, 1.82) is 0 Å². The summed E-state index contributed by atoms with van der Waals surface area (Å²) >= 11 is 4.87. The van der Waals surface area contributed by atoms with Gasteiger partial charge in [0, 0.05) is 5.75 Å². The van der Waals surface area contributed by atoms with Crippen molar-refractivity contribution in [3.8, 4) is 0 Å². The number of hydrogen-bond donors (Lipinski definition) is 0. The first-order valence-corrected chi connectivity index (χ1v) is 8.70. The van der Waals surface area contributed by atoms with Gasteiger partial charge in [0.1, 0.15) is 0 Å². The molecule has 90 valence electrons. The molecule has 0 aliphatic carbocycles. The SMILES string of the molecule is CCCCCSc1nc(SC)nc(SC)n1. The fourth-order valence-corrected chi connectivity index (χ4v) is 2.80. The van der Waals surface area contributed by atoms with Crippen LogP contribution in [0.1, 0.15) is 26.2 Å². The number of unbranched alkanes of at least 4 members (excludes halogenated alkanes) is 2. The van der Waals surface area contributed by atoms with Crippen LogP contribution in [0.3, 0.4) is 0 Å². The molecule has 0 amide bonds. The third kappa shape index (κ3) is 4.93. The topological polar surface area (TPSA) is 38.7 Å². The summed E-state index contributed by atoms with van der Waals surface area (Å²) in [6, 6.07) is 0. The largest absolute Gasteiger partial charge is 0.196 e. The Morgan fingerprint density at radius 3 is 1.94 bits per heavy atom. The van der Waals surface area contributed by atoms with E-state index in [1.807, 2.05) is 12.5 Å². The molecule has 0 N–H and O–H groups in total. The van der Waals surface area contributed by atoms with E-state index in [9.17, 15) is 0 Å². The summed E-state index contributed by atoms with van der Waals surface area (Å²) in [5, 5.41) is 2.49. The minimum absolute atomic E-state index is 0.817. The maximum atomic E-state index is 4.39. The van der Waals surface area contributed by atoms with Crippen molar-refractivity contribution in [1.82, 2.24) is 15.0 Å². The van der Waals surface area contributed by atoms with Crippen LogP contribution in [0, 0.1) is 0 Å². The van der Waals surface area contributed by atoms with E-state index < -0.39 is 0 Å². The van der Waals surface area contributed by atoms with Gasteiger partial charge in [0.2, 0.25) is 0 Å². The van der Waals surface area contributed by atoms with Gasteiger partial charge >= 0.3 is 0 Å². The Kier molecular flexibility index (Phi) is 7.23. The predicted molar refractivity (Wildman–Crippen MR) is 73.6 cm³/mol. The van der Waals surface area contributed by atoms with Crippen LogP contribution in [-0.4, -0.2) is 33.2 Å². The first-order chi connectivity index (χ1) is 7.80. The number of rotatable bonds is 7. The first-order valence-electron chi connectivity index (χ1n) is 5.27. The van der Waals surface area contributed by atoms with Gasteiger partial charge in [-0.2, -0.15) is 15.0 Å². The molecule has 0 radical (unpaired) electrons. The lowest BCUT2D eigenvalue weighted by Crippen LogP contribution is -1.96. The number of thioether (sulfide) groups is 3. The molecular formula is C10H17N3S3. The molecule has 1 heterocycles. The van der Waals surface area contributed by atoms with Gasteiger partial charge in [-0.3, -0.25) is 0 Å². The Labute approximate surface area is 110 Å². The van der Waals surface area contributed by atoms with Crippen molar-refractivity contribution in [3.05, 3.63) is 0 Å². The van der Waals surface area contributed by atoms with Crippen molar-refractivity contribution in [2.45, 2.75) is 41.7 Å². The van der Waals surface area contributed by atoms with Crippen LogP contribution < -0.4 is 0 Å². The third-order valence-electron chi connectivity index (χ3n) is 1.92. The molecule has 0 saturated carbocycles. The van der Waals surface area contributed by atoms with E-state index in [0.717, 1.165) is 21.2 Å². The summed E-state index contributed by atoms with van der Waals surface area (Å²) in [5.41, 5.74) is 0. The molecule has 0 atom stereocenters. The van der Waals surface area contributed by atoms with Crippen LogP contribution in [0.4, 0.5) is 0 Å². The van der Waals surface area contributed by atoms with Crippen molar-refractivity contribution in [3.63, 3.8) is 0 Å². The van der Waals surface area contributed by atoms with E-state index in [0.29, 0.717) is 0 Å². The van der Waals surface area contributed by atoms with Crippen LogP contribution in [0.2, 0.25) is 0 Å². The Hall–Kier alpha value is 0.0600. The smallest absolute Gasteiger partial charge is 0.192 e. The molecule has 6 heteroatoms. The molecule has 1 rings (SSSR count). The van der Waals surface area contributed by atoms with Gasteiger partial charge in [0.15, 0.2) is 15.5 Å². The van der Waals surface area contributed by atoms with Gasteiger partial charge in [-0.15, -0.1) is 0 Å². The van der Waals surface area contributed by atoms with E-state index in [1.165, 1.54) is 19.3 Å². The lowest BCUT2D eigenvalue weighted by Gasteiger charge is -2.03. The van der Waals surface area contributed by atoms with Crippen LogP contribution >= 0.6 is 35.3 Å². The van der Waals surface area contributed by atoms with E-state index in [2.05, 4.69) is 21.9 Å². The lowest BCUT2D eigenvalue weighted by molar-refractivity contribution is 0.716. The van der Waals surface area contributed by atoms with E-state index in [1.54, 1.807) is 35.3 Å². The average Bonchev–Trinajstić information content (AvgIpc) is 2.34. The van der Waals surface area contributed by atoms with Crippen molar-refractivity contribution >= 4 is 35.3 Å². The lowest BCUT2D eigenvalue weighted by atomic mass is 10.3. The standard InChI is InChI=1S/C10H17N3S3/c1-4-5-6-7-16-10-12-8(14-2)11-9(13-10)15-3/h4-7H2,1-3H3. The summed E-state index contributed by atoms with van der Waals surface area (Å²) in [5.74, 6) is 1.10. The maximum Gasteiger partial charge on any atom is 0.192 e. The van der Waals surface area contributed by atoms with Crippen molar-refractivity contribution in [2.24, 2.45) is 0 Å². The molecule has 0 fully saturated rings. The highest BCUT2D eigenvalue weighted by atomic mass is 32.2. The normalized spacial score (nSPS) is 10.7. The van der Waals surface area contributed by atoms with E-state index in [4.69, 9.17) is 0 Å². The third-order valence-corrected chi connectivity index (χ3v) is 3.95. The molecule has 0 saturated heterocycles. The zero-order valence-electron chi connectivity index (χ0n) is 9.89. The zero-order chi connectivity index (χ0) is 11.8. The van der Waals surface area contributed by atoms with E-state index in [-0.39, 0.29) is 0 Å². The fraction of sp³-hybridized carbons (Fsp3) is 0.700. The zero-order valence-corrected chi connectivity index (χ0v) is 12.3. The molecule has 16 heavy (non-hydrogen) atoms. The molecule has 0 aromatic carbocycles. The second kappa shape index (κ2) is 8.20. The van der Waals surface area contributed by atoms with Gasteiger partial charge < -0.3 is 0 Å². The van der Waals surface area contributed by atoms with Crippen LogP contribution in [-0.2, 0) is 0 Å². The van der Waals surface area contributed by atoms with Crippen LogP contribution in [0.15, 0.2) is 15.5 Å². The Morgan fingerprint density at radius 1 is 0.875 bits per heavy atom. The number of hydrogen-bond acceptors (Lipinski definition) is 6. The number of aromatic nitrogens is 3. The molecule has 1 aromatic heterocycles.